The third-order valence-electron chi connectivity index (χ3n) is 2.77. The average molecular weight is 387 g/mol. The number of hydrogen-bond donors (Lipinski definition) is 3. The number of carboxylic acid groups (broad SMARTS) is 1. The second kappa shape index (κ2) is 6.98. The van der Waals surface area contributed by atoms with E-state index in [-0.39, 0.29) is 16.7 Å². The number of hydrogen-bond acceptors (Lipinski definition) is 9. The van der Waals surface area contributed by atoms with Gasteiger partial charge in [0.2, 0.25) is 11.8 Å². The predicted octanol–water partition coefficient (Wildman–Crippen LogP) is 0.767. The van der Waals surface area contributed by atoms with E-state index in [1.807, 2.05) is 0 Å². The number of nitrogens with zero attached hydrogens (tertiary/aromatic N) is 3. The molecule has 2 amide bonds. The molecule has 0 radical (unpaired) electrons. The maximum Gasteiger partial charge on any atom is 0.357 e. The number of aromatic nitrogens is 3. The van der Waals surface area contributed by atoms with Crippen LogP contribution >= 0.6 is 11.5 Å². The fourth-order valence-electron chi connectivity index (χ4n) is 1.82. The average Bonchev–Trinajstić information content (AvgIpc) is 2.88. The van der Waals surface area contributed by atoms with Crippen molar-refractivity contribution in [3.63, 3.8) is 0 Å². The van der Waals surface area contributed by atoms with E-state index in [4.69, 9.17) is 9.84 Å². The molecule has 25 heavy (non-hydrogen) atoms. The van der Waals surface area contributed by atoms with Crippen LogP contribution in [0.5, 0.6) is 5.88 Å². The summed E-state index contributed by atoms with van der Waals surface area (Å²) in [5.41, 5.74) is -0.174. The fraction of sp³-hybridized carbons (Fsp3) is 0.250. The van der Waals surface area contributed by atoms with Crippen molar-refractivity contribution >= 4 is 39.5 Å². The van der Waals surface area contributed by atoms with Gasteiger partial charge < -0.3 is 9.84 Å². The lowest BCUT2D eigenvalue weighted by molar-refractivity contribution is 0.0687. The lowest BCUT2D eigenvalue weighted by Crippen LogP contribution is -2.35. The lowest BCUT2D eigenvalue weighted by Gasteiger charge is -2.09. The standard InChI is InChI=1S/C12H13N5O6S2/c1-5-4-7(23-3)14-11(13-5)15-12(20)17-25(21,22)9-6(2)24-16-8(9)10(18)19/h4H,1-3H3,(H,18,19)(H2,13,14,15,17,20). The SMILES string of the molecule is COc1cc(C)nc(NC(=O)NS(=O)(=O)c2c(C(=O)O)nsc2C)n1. The molecule has 2 aromatic rings. The zero-order valence-corrected chi connectivity index (χ0v) is 14.9. The van der Waals surface area contributed by atoms with Crippen molar-refractivity contribution in [1.29, 1.82) is 0 Å². The van der Waals surface area contributed by atoms with Gasteiger partial charge in [0.1, 0.15) is 4.90 Å². The van der Waals surface area contributed by atoms with E-state index >= 15 is 0 Å². The van der Waals surface area contributed by atoms with Gasteiger partial charge in [-0.05, 0) is 25.4 Å². The van der Waals surface area contributed by atoms with Gasteiger partial charge in [-0.15, -0.1) is 0 Å². The van der Waals surface area contributed by atoms with Gasteiger partial charge in [0.25, 0.3) is 10.0 Å². The van der Waals surface area contributed by atoms with Gasteiger partial charge in [-0.2, -0.15) is 9.36 Å². The second-order valence-corrected chi connectivity index (χ2v) is 7.25. The zero-order valence-electron chi connectivity index (χ0n) is 13.2. The molecule has 0 saturated carbocycles. The number of carbonyl (C=O) groups excluding carboxylic acids is 1. The van der Waals surface area contributed by atoms with Crippen molar-refractivity contribution in [3.05, 3.63) is 22.3 Å². The summed E-state index contributed by atoms with van der Waals surface area (Å²) >= 11 is 0.701. The molecule has 0 aliphatic rings. The Morgan fingerprint density at radius 3 is 2.56 bits per heavy atom. The molecule has 0 aromatic carbocycles. The minimum absolute atomic E-state index is 0.131. The van der Waals surface area contributed by atoms with Gasteiger partial charge in [0.05, 0.1) is 7.11 Å². The molecule has 0 spiro atoms. The zero-order chi connectivity index (χ0) is 18.8. The van der Waals surface area contributed by atoms with Crippen molar-refractivity contribution in [2.24, 2.45) is 0 Å². The summed E-state index contributed by atoms with van der Waals surface area (Å²) < 4.78 is 34.8. The summed E-state index contributed by atoms with van der Waals surface area (Å²) in [6.45, 7) is 3.01. The highest BCUT2D eigenvalue weighted by molar-refractivity contribution is 7.90. The van der Waals surface area contributed by atoms with Crippen molar-refractivity contribution in [3.8, 4) is 5.88 Å². The van der Waals surface area contributed by atoms with Gasteiger partial charge in [-0.3, -0.25) is 5.32 Å². The topological polar surface area (TPSA) is 160 Å². The highest BCUT2D eigenvalue weighted by atomic mass is 32.2. The summed E-state index contributed by atoms with van der Waals surface area (Å²) in [5.74, 6) is -1.52. The van der Waals surface area contributed by atoms with E-state index < -0.39 is 32.6 Å². The maximum absolute atomic E-state index is 12.3. The summed E-state index contributed by atoms with van der Waals surface area (Å²) in [6, 6.07) is 0.355. The number of amides is 2. The Kier molecular flexibility index (Phi) is 5.18. The molecule has 2 heterocycles. The van der Waals surface area contributed by atoms with Crippen LogP contribution in [-0.4, -0.2) is 47.0 Å². The van der Waals surface area contributed by atoms with Gasteiger partial charge in [-0.25, -0.2) is 27.7 Å². The number of ether oxygens (including phenoxy) is 1. The molecule has 0 saturated heterocycles. The van der Waals surface area contributed by atoms with Crippen LogP contribution in [0.3, 0.4) is 0 Å². The van der Waals surface area contributed by atoms with Crippen LogP contribution < -0.4 is 14.8 Å². The fourth-order valence-corrected chi connectivity index (χ4v) is 4.06. The van der Waals surface area contributed by atoms with Crippen molar-refractivity contribution in [1.82, 2.24) is 19.1 Å². The first-order chi connectivity index (χ1) is 11.6. The van der Waals surface area contributed by atoms with Crippen LogP contribution in [0.1, 0.15) is 21.1 Å². The minimum Gasteiger partial charge on any atom is -0.481 e. The molecule has 3 N–H and O–H groups in total. The third kappa shape index (κ3) is 4.19. The van der Waals surface area contributed by atoms with E-state index in [9.17, 15) is 18.0 Å². The van der Waals surface area contributed by atoms with Crippen LogP contribution in [0.4, 0.5) is 10.7 Å². The normalized spacial score (nSPS) is 11.0. The quantitative estimate of drug-likeness (QED) is 0.673. The molecule has 0 bridgehead atoms. The number of carbonyl (C=O) groups is 2. The predicted molar refractivity (Wildman–Crippen MR) is 86.5 cm³/mol. The highest BCUT2D eigenvalue weighted by Crippen LogP contribution is 2.23. The summed E-state index contributed by atoms with van der Waals surface area (Å²) in [5, 5.41) is 11.2. The first kappa shape index (κ1) is 18.5. The van der Waals surface area contributed by atoms with E-state index in [2.05, 4.69) is 19.7 Å². The largest absolute Gasteiger partial charge is 0.481 e. The number of anilines is 1. The lowest BCUT2D eigenvalue weighted by atomic mass is 10.4. The number of carboxylic acids is 1. The van der Waals surface area contributed by atoms with Crippen molar-refractivity contribution < 1.29 is 27.9 Å². The number of nitrogens with one attached hydrogen (secondary N) is 2. The molecule has 2 rings (SSSR count). The van der Waals surface area contributed by atoms with E-state index in [1.54, 1.807) is 11.6 Å². The Morgan fingerprint density at radius 2 is 1.96 bits per heavy atom. The van der Waals surface area contributed by atoms with Crippen LogP contribution in [0, 0.1) is 13.8 Å². The number of aryl methyl sites for hydroxylation is 2. The summed E-state index contributed by atoms with van der Waals surface area (Å²) in [7, 11) is -3.08. The van der Waals surface area contributed by atoms with Gasteiger partial charge in [0, 0.05) is 16.6 Å². The number of rotatable bonds is 5. The Bertz CT molecular complexity index is 939. The molecular formula is C12H13N5O6S2. The minimum atomic E-state index is -4.45. The molecule has 13 heteroatoms. The molecule has 134 valence electrons. The molecular weight excluding hydrogens is 374 g/mol. The van der Waals surface area contributed by atoms with E-state index in [1.165, 1.54) is 20.1 Å². The van der Waals surface area contributed by atoms with Crippen LogP contribution in [0.2, 0.25) is 0 Å². The molecule has 0 atom stereocenters. The van der Waals surface area contributed by atoms with Crippen LogP contribution in [0.15, 0.2) is 11.0 Å². The van der Waals surface area contributed by atoms with Crippen molar-refractivity contribution in [2.75, 3.05) is 12.4 Å². The summed E-state index contributed by atoms with van der Waals surface area (Å²) in [4.78, 5) is 30.3. The van der Waals surface area contributed by atoms with E-state index in [0.717, 1.165) is 0 Å². The first-order valence-corrected chi connectivity index (χ1v) is 8.82. The Balaban J connectivity index is 2.24. The number of methoxy groups -OCH3 is 1. The van der Waals surface area contributed by atoms with Crippen LogP contribution in [0.25, 0.3) is 0 Å². The Hall–Kier alpha value is -2.80. The first-order valence-electron chi connectivity index (χ1n) is 6.57. The molecule has 0 fully saturated rings. The molecule has 2 aromatic heterocycles. The number of sulfonamides is 1. The molecule has 0 aliphatic carbocycles. The molecule has 11 nitrogen and oxygen atoms in total. The van der Waals surface area contributed by atoms with E-state index in [0.29, 0.717) is 17.2 Å². The number of aromatic carboxylic acids is 1. The maximum atomic E-state index is 12.3. The van der Waals surface area contributed by atoms with Crippen molar-refractivity contribution in [2.45, 2.75) is 18.7 Å². The van der Waals surface area contributed by atoms with Gasteiger partial charge in [-0.1, -0.05) is 0 Å². The smallest absolute Gasteiger partial charge is 0.357 e. The Morgan fingerprint density at radius 1 is 1.28 bits per heavy atom. The Labute approximate surface area is 146 Å². The van der Waals surface area contributed by atoms with Crippen LogP contribution in [-0.2, 0) is 10.0 Å². The number of urea groups is 1. The third-order valence-corrected chi connectivity index (χ3v) is 5.14. The monoisotopic (exact) mass is 387 g/mol. The van der Waals surface area contributed by atoms with Gasteiger partial charge >= 0.3 is 12.0 Å². The second-order valence-electron chi connectivity index (χ2n) is 4.66. The highest BCUT2D eigenvalue weighted by Gasteiger charge is 2.30. The van der Waals surface area contributed by atoms with Gasteiger partial charge in [0.15, 0.2) is 5.69 Å². The molecule has 0 aliphatic heterocycles. The summed E-state index contributed by atoms with van der Waals surface area (Å²) in [6.07, 6.45) is 0. The molecule has 0 unspecified atom stereocenters.